The summed E-state index contributed by atoms with van der Waals surface area (Å²) in [7, 11) is 0. The van der Waals surface area contributed by atoms with Gasteiger partial charge < -0.3 is 4.90 Å². The fourth-order valence-corrected chi connectivity index (χ4v) is 3.16. The van der Waals surface area contributed by atoms with Crippen LogP contribution in [0.25, 0.3) is 0 Å². The summed E-state index contributed by atoms with van der Waals surface area (Å²) < 4.78 is 1.45. The molecule has 1 aromatic carbocycles. The maximum Gasteiger partial charge on any atom is 0.306 e. The Morgan fingerprint density at radius 1 is 1.27 bits per heavy atom. The largest absolute Gasteiger partial charge is 0.340 e. The molecule has 1 saturated heterocycles. The molecule has 0 N–H and O–H groups in total. The van der Waals surface area contributed by atoms with Gasteiger partial charge in [0.15, 0.2) is 0 Å². The lowest BCUT2D eigenvalue weighted by Gasteiger charge is -2.34. The minimum absolute atomic E-state index is 0.0535. The molecule has 2 heterocycles. The van der Waals surface area contributed by atoms with Crippen LogP contribution in [0, 0.1) is 17.0 Å². The molecule has 138 valence electrons. The van der Waals surface area contributed by atoms with Crippen molar-refractivity contribution in [1.29, 1.82) is 0 Å². The second-order valence-corrected chi connectivity index (χ2v) is 6.61. The smallest absolute Gasteiger partial charge is 0.306 e. The molecule has 8 nitrogen and oxygen atoms in total. The third-order valence-corrected chi connectivity index (χ3v) is 4.60. The zero-order chi connectivity index (χ0) is 18.5. The Morgan fingerprint density at radius 2 is 2.04 bits per heavy atom. The molecule has 0 bridgehead atoms. The van der Waals surface area contributed by atoms with Crippen LogP contribution in [0.1, 0.15) is 17.5 Å². The van der Waals surface area contributed by atoms with Gasteiger partial charge in [0.05, 0.1) is 4.92 Å². The van der Waals surface area contributed by atoms with Crippen molar-refractivity contribution in [2.45, 2.75) is 26.4 Å². The number of rotatable bonds is 6. The van der Waals surface area contributed by atoms with E-state index >= 15 is 0 Å². The number of piperazine rings is 1. The summed E-state index contributed by atoms with van der Waals surface area (Å²) in [6, 6.07) is 8.49. The Balaban J connectivity index is 1.43. The second-order valence-electron chi connectivity index (χ2n) is 6.61. The van der Waals surface area contributed by atoms with E-state index in [0.717, 1.165) is 19.6 Å². The summed E-state index contributed by atoms with van der Waals surface area (Å²) in [5, 5.41) is 14.6. The Kier molecular flexibility index (Phi) is 5.62. The SMILES string of the molecule is Cc1cccc(CN2CCN(C(=O)CCn3cc([N+](=O)[O-])cn3)CC2)c1. The molecular formula is C18H23N5O3. The van der Waals surface area contributed by atoms with Crippen LogP contribution in [0.2, 0.25) is 0 Å². The van der Waals surface area contributed by atoms with Crippen LogP contribution >= 0.6 is 0 Å². The number of aromatic nitrogens is 2. The van der Waals surface area contributed by atoms with Crippen molar-refractivity contribution in [3.8, 4) is 0 Å². The minimum Gasteiger partial charge on any atom is -0.340 e. The fourth-order valence-electron chi connectivity index (χ4n) is 3.16. The Labute approximate surface area is 152 Å². The van der Waals surface area contributed by atoms with Crippen molar-refractivity contribution in [2.24, 2.45) is 0 Å². The summed E-state index contributed by atoms with van der Waals surface area (Å²) in [6.45, 7) is 6.48. The van der Waals surface area contributed by atoms with Crippen molar-refractivity contribution in [2.75, 3.05) is 26.2 Å². The standard InChI is InChI=1S/C18H23N5O3/c1-15-3-2-4-16(11-15)13-20-7-9-21(10-8-20)18(24)5-6-22-14-17(12-19-22)23(25)26/h2-4,11-12,14H,5-10,13H2,1H3. The lowest BCUT2D eigenvalue weighted by molar-refractivity contribution is -0.385. The van der Waals surface area contributed by atoms with Crippen molar-refractivity contribution >= 4 is 11.6 Å². The molecule has 2 aromatic rings. The maximum absolute atomic E-state index is 12.4. The summed E-state index contributed by atoms with van der Waals surface area (Å²) in [5.74, 6) is 0.0679. The molecule has 0 atom stereocenters. The summed E-state index contributed by atoms with van der Waals surface area (Å²) >= 11 is 0. The summed E-state index contributed by atoms with van der Waals surface area (Å²) in [5.41, 5.74) is 2.50. The molecule has 1 aliphatic heterocycles. The molecule has 1 fully saturated rings. The van der Waals surface area contributed by atoms with Gasteiger partial charge in [-0.15, -0.1) is 0 Å². The monoisotopic (exact) mass is 357 g/mol. The molecule has 1 aliphatic rings. The number of aryl methyl sites for hydroxylation is 2. The summed E-state index contributed by atoms with van der Waals surface area (Å²) in [6.07, 6.45) is 2.86. The first kappa shape index (κ1) is 18.1. The number of hydrogen-bond acceptors (Lipinski definition) is 5. The highest BCUT2D eigenvalue weighted by Crippen LogP contribution is 2.12. The molecule has 0 radical (unpaired) electrons. The summed E-state index contributed by atoms with van der Waals surface area (Å²) in [4.78, 5) is 26.7. The van der Waals surface area contributed by atoms with Crippen LogP contribution in [-0.4, -0.2) is 56.6 Å². The molecule has 8 heteroatoms. The van der Waals surface area contributed by atoms with Crippen LogP contribution in [0.15, 0.2) is 36.7 Å². The third kappa shape index (κ3) is 4.66. The lowest BCUT2D eigenvalue weighted by atomic mass is 10.1. The average Bonchev–Trinajstić information content (AvgIpc) is 3.10. The number of carbonyl (C=O) groups is 1. The molecule has 26 heavy (non-hydrogen) atoms. The topological polar surface area (TPSA) is 84.5 Å². The van der Waals surface area contributed by atoms with Gasteiger partial charge in [-0.1, -0.05) is 29.8 Å². The van der Waals surface area contributed by atoms with Crippen molar-refractivity contribution in [3.63, 3.8) is 0 Å². The van der Waals surface area contributed by atoms with Gasteiger partial charge in [-0.3, -0.25) is 24.5 Å². The van der Waals surface area contributed by atoms with Gasteiger partial charge in [0.1, 0.15) is 12.4 Å². The molecule has 0 spiro atoms. The number of carbonyl (C=O) groups excluding carboxylic acids is 1. The van der Waals surface area contributed by atoms with Gasteiger partial charge in [-0.2, -0.15) is 5.10 Å². The average molecular weight is 357 g/mol. The minimum atomic E-state index is -0.487. The number of nitrogens with zero attached hydrogens (tertiary/aromatic N) is 5. The van der Waals surface area contributed by atoms with E-state index in [9.17, 15) is 14.9 Å². The van der Waals surface area contributed by atoms with Crippen LogP contribution in [0.5, 0.6) is 0 Å². The maximum atomic E-state index is 12.4. The fraction of sp³-hybridized carbons (Fsp3) is 0.444. The Bertz CT molecular complexity index is 781. The highest BCUT2D eigenvalue weighted by atomic mass is 16.6. The molecule has 0 saturated carbocycles. The predicted octanol–water partition coefficient (Wildman–Crippen LogP) is 1.83. The van der Waals surface area contributed by atoms with Crippen LogP contribution in [-0.2, 0) is 17.9 Å². The highest BCUT2D eigenvalue weighted by molar-refractivity contribution is 5.76. The van der Waals surface area contributed by atoms with Gasteiger partial charge in [0.25, 0.3) is 0 Å². The zero-order valence-electron chi connectivity index (χ0n) is 14.9. The Morgan fingerprint density at radius 3 is 2.69 bits per heavy atom. The lowest BCUT2D eigenvalue weighted by Crippen LogP contribution is -2.48. The Hall–Kier alpha value is -2.74. The van der Waals surface area contributed by atoms with Crippen molar-refractivity contribution in [1.82, 2.24) is 19.6 Å². The van der Waals surface area contributed by atoms with E-state index in [4.69, 9.17) is 0 Å². The van der Waals surface area contributed by atoms with Crippen LogP contribution < -0.4 is 0 Å². The van der Waals surface area contributed by atoms with Crippen LogP contribution in [0.3, 0.4) is 0 Å². The quantitative estimate of drug-likeness (QED) is 0.582. The van der Waals surface area contributed by atoms with Gasteiger partial charge in [-0.25, -0.2) is 0 Å². The zero-order valence-corrected chi connectivity index (χ0v) is 14.9. The van der Waals surface area contributed by atoms with Gasteiger partial charge in [-0.05, 0) is 12.5 Å². The van der Waals surface area contributed by atoms with Gasteiger partial charge in [0, 0.05) is 45.7 Å². The second kappa shape index (κ2) is 8.09. The first-order valence-electron chi connectivity index (χ1n) is 8.74. The highest BCUT2D eigenvalue weighted by Gasteiger charge is 2.21. The first-order chi connectivity index (χ1) is 12.5. The van der Waals surface area contributed by atoms with Crippen LogP contribution in [0.4, 0.5) is 5.69 Å². The van der Waals surface area contributed by atoms with E-state index in [1.54, 1.807) is 0 Å². The van der Waals surface area contributed by atoms with Crippen molar-refractivity contribution in [3.05, 3.63) is 57.9 Å². The molecule has 1 aromatic heterocycles. The van der Waals surface area contributed by atoms with Gasteiger partial charge in [0.2, 0.25) is 5.91 Å². The van der Waals surface area contributed by atoms with E-state index in [0.29, 0.717) is 26.1 Å². The molecular weight excluding hydrogens is 334 g/mol. The molecule has 0 unspecified atom stereocenters. The van der Waals surface area contributed by atoms with E-state index in [1.807, 2.05) is 4.90 Å². The predicted molar refractivity (Wildman–Crippen MR) is 96.5 cm³/mol. The molecule has 1 amide bonds. The number of benzene rings is 1. The van der Waals surface area contributed by atoms with E-state index in [2.05, 4.69) is 41.2 Å². The number of nitro groups is 1. The third-order valence-electron chi connectivity index (χ3n) is 4.60. The van der Waals surface area contributed by atoms with E-state index < -0.39 is 4.92 Å². The number of amides is 1. The normalized spacial score (nSPS) is 15.2. The van der Waals surface area contributed by atoms with E-state index in [-0.39, 0.29) is 11.6 Å². The first-order valence-corrected chi connectivity index (χ1v) is 8.74. The van der Waals surface area contributed by atoms with E-state index in [1.165, 1.54) is 28.2 Å². The molecule has 3 rings (SSSR count). The van der Waals surface area contributed by atoms with Gasteiger partial charge >= 0.3 is 5.69 Å². The van der Waals surface area contributed by atoms with Crippen molar-refractivity contribution < 1.29 is 9.72 Å². The molecule has 0 aliphatic carbocycles. The number of hydrogen-bond donors (Lipinski definition) is 0.